The first-order chi connectivity index (χ1) is 9.45. The van der Waals surface area contributed by atoms with Gasteiger partial charge in [0.1, 0.15) is 0 Å². The zero-order chi connectivity index (χ0) is 14.9. The number of hydrogen-bond donors (Lipinski definition) is 1. The van der Waals surface area contributed by atoms with E-state index in [1.165, 1.54) is 6.07 Å². The van der Waals surface area contributed by atoms with Crippen molar-refractivity contribution in [2.45, 2.75) is 12.1 Å². The number of benzene rings is 1. The normalized spacial score (nSPS) is 23.0. The van der Waals surface area contributed by atoms with Crippen LogP contribution in [0.4, 0.5) is 13.2 Å². The number of nitrogens with one attached hydrogen (secondary N) is 1. The van der Waals surface area contributed by atoms with Crippen molar-refractivity contribution in [2.75, 3.05) is 40.8 Å². The third-order valence-corrected chi connectivity index (χ3v) is 4.00. The predicted molar refractivity (Wildman–Crippen MR) is 72.0 cm³/mol. The molecular weight excluding hydrogens is 267 g/mol. The molecule has 2 unspecified atom stereocenters. The summed E-state index contributed by atoms with van der Waals surface area (Å²) in [6.07, 6.45) is 0. The van der Waals surface area contributed by atoms with E-state index in [1.807, 2.05) is 14.1 Å². The zero-order valence-corrected chi connectivity index (χ0v) is 12.0. The summed E-state index contributed by atoms with van der Waals surface area (Å²) in [4.78, 5) is 4.26. The molecule has 1 aliphatic heterocycles. The van der Waals surface area contributed by atoms with Crippen molar-refractivity contribution in [3.8, 4) is 0 Å². The Bertz CT molecular complexity index is 481. The van der Waals surface area contributed by atoms with Crippen LogP contribution in [0, 0.1) is 17.5 Å². The Morgan fingerprint density at radius 1 is 1.15 bits per heavy atom. The molecule has 1 fully saturated rings. The van der Waals surface area contributed by atoms with Crippen molar-refractivity contribution in [2.24, 2.45) is 0 Å². The molecule has 2 atom stereocenters. The second-order valence-electron chi connectivity index (χ2n) is 5.34. The minimum atomic E-state index is -1.41. The summed E-state index contributed by atoms with van der Waals surface area (Å²) in [5.41, 5.74) is 0.165. The van der Waals surface area contributed by atoms with Crippen molar-refractivity contribution in [3.63, 3.8) is 0 Å². The fourth-order valence-electron chi connectivity index (χ4n) is 2.74. The summed E-state index contributed by atoms with van der Waals surface area (Å²) >= 11 is 0. The topological polar surface area (TPSA) is 18.5 Å². The largest absolute Gasteiger partial charge is 0.312 e. The van der Waals surface area contributed by atoms with Crippen LogP contribution in [0.3, 0.4) is 0 Å². The molecule has 1 aromatic rings. The van der Waals surface area contributed by atoms with Gasteiger partial charge in [-0.2, -0.15) is 0 Å². The quantitative estimate of drug-likeness (QED) is 0.852. The molecule has 0 bridgehead atoms. The van der Waals surface area contributed by atoms with Crippen molar-refractivity contribution in [1.82, 2.24) is 15.1 Å². The van der Waals surface area contributed by atoms with Crippen LogP contribution in [0.1, 0.15) is 11.6 Å². The monoisotopic (exact) mass is 287 g/mol. The SMILES string of the molecule is CNC(c1ccc(F)c(F)c1F)C1CN(C)CCN1C. The van der Waals surface area contributed by atoms with Crippen molar-refractivity contribution in [1.29, 1.82) is 0 Å². The summed E-state index contributed by atoms with van der Waals surface area (Å²) in [6, 6.07) is 1.90. The smallest absolute Gasteiger partial charge is 0.194 e. The van der Waals surface area contributed by atoms with E-state index in [0.717, 1.165) is 25.7 Å². The predicted octanol–water partition coefficient (Wildman–Crippen LogP) is 1.61. The molecule has 0 spiro atoms. The fraction of sp³-hybridized carbons (Fsp3) is 0.571. The number of halogens is 3. The number of likely N-dealkylation sites (N-methyl/N-ethyl adjacent to an activating group) is 3. The second kappa shape index (κ2) is 6.11. The average molecular weight is 287 g/mol. The lowest BCUT2D eigenvalue weighted by molar-refractivity contribution is 0.0885. The van der Waals surface area contributed by atoms with Crippen LogP contribution in [0.5, 0.6) is 0 Å². The fourth-order valence-corrected chi connectivity index (χ4v) is 2.74. The van der Waals surface area contributed by atoms with Crippen LogP contribution in [-0.4, -0.2) is 56.6 Å². The Kier molecular flexibility index (Phi) is 4.67. The van der Waals surface area contributed by atoms with Gasteiger partial charge in [-0.15, -0.1) is 0 Å². The first-order valence-corrected chi connectivity index (χ1v) is 6.65. The van der Waals surface area contributed by atoms with Gasteiger partial charge in [0.05, 0.1) is 6.04 Å². The molecule has 112 valence electrons. The molecule has 3 nitrogen and oxygen atoms in total. The highest BCUT2D eigenvalue weighted by Crippen LogP contribution is 2.27. The minimum Gasteiger partial charge on any atom is -0.312 e. The van der Waals surface area contributed by atoms with E-state index >= 15 is 0 Å². The highest BCUT2D eigenvalue weighted by atomic mass is 19.2. The van der Waals surface area contributed by atoms with Crippen LogP contribution in [-0.2, 0) is 0 Å². The van der Waals surface area contributed by atoms with Crippen LogP contribution in [0.25, 0.3) is 0 Å². The molecule has 2 rings (SSSR count). The first-order valence-electron chi connectivity index (χ1n) is 6.65. The Morgan fingerprint density at radius 3 is 2.50 bits per heavy atom. The first kappa shape index (κ1) is 15.3. The third kappa shape index (κ3) is 2.82. The maximum absolute atomic E-state index is 14.0. The molecule has 0 aromatic heterocycles. The molecule has 1 heterocycles. The van der Waals surface area contributed by atoms with Crippen LogP contribution < -0.4 is 5.32 Å². The summed E-state index contributed by atoms with van der Waals surface area (Å²) in [7, 11) is 5.65. The molecule has 1 N–H and O–H groups in total. The van der Waals surface area contributed by atoms with Gasteiger partial charge in [0.2, 0.25) is 0 Å². The van der Waals surface area contributed by atoms with E-state index in [0.29, 0.717) is 0 Å². The lowest BCUT2D eigenvalue weighted by Gasteiger charge is -2.42. The molecule has 1 aromatic carbocycles. The lowest BCUT2D eigenvalue weighted by Crippen LogP contribution is -2.54. The molecule has 1 saturated heterocycles. The molecule has 0 saturated carbocycles. The molecule has 6 heteroatoms. The van der Waals surface area contributed by atoms with E-state index in [4.69, 9.17) is 0 Å². The van der Waals surface area contributed by atoms with Gasteiger partial charge in [0.15, 0.2) is 17.5 Å². The van der Waals surface area contributed by atoms with Crippen LogP contribution >= 0.6 is 0 Å². The average Bonchev–Trinajstić information content (AvgIpc) is 2.43. The van der Waals surface area contributed by atoms with Crippen molar-refractivity contribution < 1.29 is 13.2 Å². The third-order valence-electron chi connectivity index (χ3n) is 4.00. The molecule has 0 radical (unpaired) electrons. The second-order valence-corrected chi connectivity index (χ2v) is 5.34. The van der Waals surface area contributed by atoms with Gasteiger partial charge in [0.25, 0.3) is 0 Å². The Balaban J connectivity index is 2.34. The van der Waals surface area contributed by atoms with Gasteiger partial charge in [0, 0.05) is 31.2 Å². The maximum atomic E-state index is 14.0. The van der Waals surface area contributed by atoms with Gasteiger partial charge < -0.3 is 10.2 Å². The van der Waals surface area contributed by atoms with Gasteiger partial charge in [-0.05, 0) is 27.2 Å². The van der Waals surface area contributed by atoms with E-state index in [2.05, 4.69) is 15.1 Å². The zero-order valence-electron chi connectivity index (χ0n) is 12.0. The minimum absolute atomic E-state index is 0.00175. The number of hydrogen-bond acceptors (Lipinski definition) is 3. The van der Waals surface area contributed by atoms with Gasteiger partial charge in [-0.3, -0.25) is 4.90 Å². The van der Waals surface area contributed by atoms with E-state index in [1.54, 1.807) is 7.05 Å². The molecule has 0 amide bonds. The van der Waals surface area contributed by atoms with Crippen LogP contribution in [0.15, 0.2) is 12.1 Å². The summed E-state index contributed by atoms with van der Waals surface area (Å²) in [5, 5.41) is 3.03. The van der Waals surface area contributed by atoms with Crippen molar-refractivity contribution >= 4 is 0 Å². The highest BCUT2D eigenvalue weighted by molar-refractivity contribution is 5.25. The lowest BCUT2D eigenvalue weighted by atomic mass is 9.95. The van der Waals surface area contributed by atoms with Gasteiger partial charge in [-0.1, -0.05) is 6.07 Å². The van der Waals surface area contributed by atoms with E-state index in [9.17, 15) is 13.2 Å². The standard InChI is InChI=1S/C14H20F3N3/c1-18-14(11-8-19(2)6-7-20(11)3)9-4-5-10(15)13(17)12(9)16/h4-5,11,14,18H,6-8H2,1-3H3. The maximum Gasteiger partial charge on any atom is 0.194 e. The number of piperazine rings is 1. The summed E-state index contributed by atoms with van der Waals surface area (Å²) < 4.78 is 40.5. The van der Waals surface area contributed by atoms with Crippen molar-refractivity contribution in [3.05, 3.63) is 35.1 Å². The Hall–Kier alpha value is -1.11. The molecule has 0 aliphatic carbocycles. The molecule has 20 heavy (non-hydrogen) atoms. The Morgan fingerprint density at radius 2 is 1.85 bits per heavy atom. The van der Waals surface area contributed by atoms with E-state index < -0.39 is 23.5 Å². The number of rotatable bonds is 3. The van der Waals surface area contributed by atoms with E-state index in [-0.39, 0.29) is 11.6 Å². The molecule has 1 aliphatic rings. The number of nitrogens with zero attached hydrogens (tertiary/aromatic N) is 2. The molecular formula is C14H20F3N3. The van der Waals surface area contributed by atoms with Gasteiger partial charge in [-0.25, -0.2) is 13.2 Å². The van der Waals surface area contributed by atoms with Gasteiger partial charge >= 0.3 is 0 Å². The summed E-state index contributed by atoms with van der Waals surface area (Å²) in [6.45, 7) is 2.52. The summed E-state index contributed by atoms with van der Waals surface area (Å²) in [5.74, 6) is -3.67. The highest BCUT2D eigenvalue weighted by Gasteiger charge is 2.32. The Labute approximate surface area is 117 Å². The van der Waals surface area contributed by atoms with Crippen LogP contribution in [0.2, 0.25) is 0 Å².